The summed E-state index contributed by atoms with van der Waals surface area (Å²) >= 11 is 0. The van der Waals surface area contributed by atoms with Crippen LogP contribution in [-0.4, -0.2) is 112 Å². The number of nitrogens with one attached hydrogen (secondary N) is 8. The molecule has 14 N–H and O–H groups in total. The number of aromatic amines is 1. The molecule has 0 radical (unpaired) electrons. The minimum atomic E-state index is -1.71. The van der Waals surface area contributed by atoms with Gasteiger partial charge in [0.25, 0.3) is 11.4 Å². The fraction of sp³-hybridized carbons (Fsp3) is 0.511. The zero-order valence-corrected chi connectivity index (χ0v) is 39.8. The Bertz CT molecular complexity index is 2450. The minimum absolute atomic E-state index is 0.0552. The molecule has 380 valence electrons. The Morgan fingerprint density at radius 2 is 1.41 bits per heavy atom. The molecule has 7 amide bonds. The maximum atomic E-state index is 14.1. The fourth-order valence-electron chi connectivity index (χ4n) is 8.13. The van der Waals surface area contributed by atoms with Crippen LogP contribution in [0.15, 0.2) is 53.7 Å². The molecule has 0 saturated carbocycles. The first kappa shape index (κ1) is 54.9. The first-order valence-corrected chi connectivity index (χ1v) is 22.9. The van der Waals surface area contributed by atoms with Gasteiger partial charge in [0.1, 0.15) is 35.7 Å². The lowest BCUT2D eigenvalue weighted by atomic mass is 9.85. The molecule has 3 aromatic rings. The van der Waals surface area contributed by atoms with E-state index >= 15 is 0 Å². The molecule has 25 heteroatoms. The van der Waals surface area contributed by atoms with Crippen molar-refractivity contribution in [2.75, 3.05) is 19.6 Å². The van der Waals surface area contributed by atoms with Crippen molar-refractivity contribution in [3.63, 3.8) is 0 Å². The van der Waals surface area contributed by atoms with Crippen molar-refractivity contribution in [1.82, 2.24) is 42.2 Å². The smallest absolute Gasteiger partial charge is 0.281 e. The third-order valence-corrected chi connectivity index (χ3v) is 11.6. The van der Waals surface area contributed by atoms with Gasteiger partial charge in [0, 0.05) is 36.1 Å². The van der Waals surface area contributed by atoms with E-state index < -0.39 is 105 Å². The summed E-state index contributed by atoms with van der Waals surface area (Å²) in [6.45, 7) is 8.40. The number of aromatic nitrogens is 1. The predicted molar refractivity (Wildman–Crippen MR) is 257 cm³/mol. The number of guanidine groups is 1. The van der Waals surface area contributed by atoms with E-state index in [0.717, 1.165) is 29.1 Å². The van der Waals surface area contributed by atoms with E-state index in [0.29, 0.717) is 18.4 Å². The van der Waals surface area contributed by atoms with Gasteiger partial charge in [0.2, 0.25) is 41.4 Å². The summed E-state index contributed by atoms with van der Waals surface area (Å²) in [7, 11) is 0. The Kier molecular flexibility index (Phi) is 19.7. The maximum absolute atomic E-state index is 14.1. The van der Waals surface area contributed by atoms with Crippen LogP contribution in [0, 0.1) is 32.1 Å². The molecule has 2 aromatic carbocycles. The van der Waals surface area contributed by atoms with Gasteiger partial charge in [-0.25, -0.2) is 0 Å². The van der Waals surface area contributed by atoms with E-state index in [1.807, 2.05) is 18.2 Å². The van der Waals surface area contributed by atoms with E-state index in [1.54, 1.807) is 40.0 Å². The number of aliphatic imine (C=N–C) groups is 1. The average Bonchev–Trinajstić information content (AvgIpc) is 3.96. The lowest BCUT2D eigenvalue weighted by Gasteiger charge is -2.31. The number of nitro benzene ring substituents is 2. The van der Waals surface area contributed by atoms with Gasteiger partial charge in [0.15, 0.2) is 5.96 Å². The van der Waals surface area contributed by atoms with Crippen LogP contribution in [-0.2, 0) is 45.5 Å². The molecule has 1 aromatic heterocycles. The van der Waals surface area contributed by atoms with Gasteiger partial charge in [-0.2, -0.15) is 0 Å². The largest absolute Gasteiger partial charge is 0.370 e. The van der Waals surface area contributed by atoms with Crippen molar-refractivity contribution in [1.29, 1.82) is 0 Å². The van der Waals surface area contributed by atoms with Gasteiger partial charge < -0.3 is 54.1 Å². The highest BCUT2D eigenvalue weighted by Crippen LogP contribution is 2.39. The highest BCUT2D eigenvalue weighted by molar-refractivity contribution is 5.97. The summed E-state index contributed by atoms with van der Waals surface area (Å²) < 4.78 is 0. The van der Waals surface area contributed by atoms with E-state index in [9.17, 15) is 53.8 Å². The number of amides is 7. The predicted octanol–water partition coefficient (Wildman–Crippen LogP) is -0.00310. The molecule has 0 bridgehead atoms. The Morgan fingerprint density at radius 3 is 2.01 bits per heavy atom. The van der Waals surface area contributed by atoms with Crippen molar-refractivity contribution in [3.05, 3.63) is 80.0 Å². The number of nitrogens with zero attached hydrogens (tertiary/aromatic N) is 3. The molecule has 1 aliphatic heterocycles. The lowest BCUT2D eigenvalue weighted by Crippen LogP contribution is -2.59. The molecule has 0 spiro atoms. The molecule has 1 aliphatic rings. The summed E-state index contributed by atoms with van der Waals surface area (Å²) in [6.07, 6.45) is 2.73. The highest BCUT2D eigenvalue weighted by Gasteiger charge is 2.48. The quantitative estimate of drug-likeness (QED) is 0.0166. The third kappa shape index (κ3) is 15.2. The van der Waals surface area contributed by atoms with Crippen LogP contribution in [0.2, 0.25) is 0 Å². The second kappa shape index (κ2) is 25.1. The Morgan fingerprint density at radius 1 is 0.771 bits per heavy atom. The zero-order chi connectivity index (χ0) is 51.9. The summed E-state index contributed by atoms with van der Waals surface area (Å²) in [5, 5.41) is 43.0. The number of nitrogens with two attached hydrogens (primary N) is 3. The van der Waals surface area contributed by atoms with Crippen molar-refractivity contribution >= 4 is 69.6 Å². The summed E-state index contributed by atoms with van der Waals surface area (Å²) in [5.41, 5.74) is 14.6. The molecule has 25 nitrogen and oxygen atoms in total. The molecule has 0 unspecified atom stereocenters. The number of nitro groups is 2. The lowest BCUT2D eigenvalue weighted by molar-refractivity contribution is -0.394. The van der Waals surface area contributed by atoms with Gasteiger partial charge in [-0.3, -0.25) is 64.1 Å². The molecular weight excluding hydrogens is 913 g/mol. The van der Waals surface area contributed by atoms with Crippen LogP contribution in [0.25, 0.3) is 10.9 Å². The van der Waals surface area contributed by atoms with Crippen molar-refractivity contribution in [2.45, 2.75) is 115 Å². The molecule has 0 aliphatic carbocycles. The normalized spacial score (nSPS) is 16.5. The Balaban J connectivity index is 1.49. The van der Waals surface area contributed by atoms with E-state index in [1.165, 1.54) is 6.92 Å². The Labute approximate surface area is 403 Å². The van der Waals surface area contributed by atoms with E-state index in [2.05, 4.69) is 47.2 Å². The van der Waals surface area contributed by atoms with Gasteiger partial charge in [-0.15, -0.1) is 0 Å². The summed E-state index contributed by atoms with van der Waals surface area (Å²) in [4.78, 5) is 124. The van der Waals surface area contributed by atoms with Crippen LogP contribution in [0.5, 0.6) is 0 Å². The Hall–Kier alpha value is -7.70. The second-order valence-electron chi connectivity index (χ2n) is 18.0. The number of fused-ring (bicyclic) bond motifs is 1. The highest BCUT2D eigenvalue weighted by atomic mass is 16.6. The standard InChI is InChI=1S/C45H64N14O11/c1-24(2)18-33(57-43(66)45(15-9-17-52-45)30-14-13-28(58(67)68)21-36(30)59(69)70)40(63)51-23-37(60)54-34(19-25(3)4)42(65)56-35(20-27-22-50-31-11-7-6-10-29(27)31)41(64)53-26(5)39(62)55-32(38(46)61)12-8-16-49-44(47)48/h6-7,10-11,13-14,21-22,24-26,32-35,50,52H,8-9,12,15-20,23H2,1-5H3,(H2,46,61)(H,51,63)(H,53,64)(H,54,60)(H,55,62)(H,56,65)(H,57,66)(H4,47,48,49)/t26-,32-,33-,34-,35-,45+/m0/s1. The summed E-state index contributed by atoms with van der Waals surface area (Å²) in [5.74, 6) is -5.88. The van der Waals surface area contributed by atoms with Gasteiger partial charge in [0.05, 0.1) is 28.0 Å². The molecule has 4 rings (SSSR count). The maximum Gasteiger partial charge on any atom is 0.281 e. The molecule has 70 heavy (non-hydrogen) atoms. The number of carbonyl (C=O) groups excluding carboxylic acids is 7. The first-order chi connectivity index (χ1) is 33.0. The van der Waals surface area contributed by atoms with Crippen LogP contribution in [0.3, 0.4) is 0 Å². The molecule has 1 saturated heterocycles. The number of benzene rings is 2. The van der Waals surface area contributed by atoms with E-state index in [-0.39, 0.29) is 68.6 Å². The monoisotopic (exact) mass is 976 g/mol. The third-order valence-electron chi connectivity index (χ3n) is 11.6. The number of hydrogen-bond acceptors (Lipinski definition) is 13. The summed E-state index contributed by atoms with van der Waals surface area (Å²) in [6, 6.07) is 4.19. The van der Waals surface area contributed by atoms with Crippen LogP contribution < -0.4 is 54.4 Å². The minimum Gasteiger partial charge on any atom is -0.370 e. The topological polar surface area (TPSA) is 396 Å². The molecule has 6 atom stereocenters. The number of H-pyrrole nitrogens is 1. The van der Waals surface area contributed by atoms with Crippen LogP contribution >= 0.6 is 0 Å². The van der Waals surface area contributed by atoms with Gasteiger partial charge >= 0.3 is 0 Å². The number of carbonyl (C=O) groups is 7. The molecular formula is C45H64N14O11. The van der Waals surface area contributed by atoms with Crippen LogP contribution in [0.4, 0.5) is 11.4 Å². The van der Waals surface area contributed by atoms with Crippen LogP contribution in [0.1, 0.15) is 84.3 Å². The SMILES string of the molecule is CC(C)C[C@H](NC(=O)CNC(=O)[C@H](CC(C)C)NC(=O)[C@]1(c2ccc([N+](=O)[O-])cc2[N+](=O)[O-])CCCN1)C(=O)N[C@@H](Cc1c[nH]c2ccccc12)C(=O)N[C@@H](C)C(=O)N[C@@H](CCCN=C(N)N)C(N)=O. The van der Waals surface area contributed by atoms with Gasteiger partial charge in [-0.1, -0.05) is 45.9 Å². The molecule has 1 fully saturated rings. The first-order valence-electron chi connectivity index (χ1n) is 22.9. The number of primary amides is 1. The number of para-hydroxylation sites is 1. The fourth-order valence-corrected chi connectivity index (χ4v) is 8.13. The van der Waals surface area contributed by atoms with Crippen molar-refractivity contribution in [3.8, 4) is 0 Å². The van der Waals surface area contributed by atoms with Crippen molar-refractivity contribution in [2.24, 2.45) is 34.0 Å². The number of non-ortho nitro benzene ring substituents is 1. The van der Waals surface area contributed by atoms with Crippen molar-refractivity contribution < 1.29 is 43.4 Å². The van der Waals surface area contributed by atoms with Gasteiger partial charge in [-0.05, 0) is 81.5 Å². The van der Waals surface area contributed by atoms with E-state index in [4.69, 9.17) is 17.2 Å². The number of hydrogen-bond donors (Lipinski definition) is 11. The second-order valence-corrected chi connectivity index (χ2v) is 18.0. The number of rotatable bonds is 26. The zero-order valence-electron chi connectivity index (χ0n) is 39.8. The average molecular weight is 977 g/mol. The molecule has 2 heterocycles.